The molecule has 2 aliphatic heterocycles. The molecule has 1 N–H and O–H groups in total. The molecule has 0 spiro atoms. The van der Waals surface area contributed by atoms with Crippen molar-refractivity contribution in [1.29, 1.82) is 0 Å². The summed E-state index contributed by atoms with van der Waals surface area (Å²) in [5, 5.41) is 2.75. The molecule has 3 atom stereocenters. The van der Waals surface area contributed by atoms with E-state index >= 15 is 0 Å². The van der Waals surface area contributed by atoms with Gasteiger partial charge in [0.2, 0.25) is 12.2 Å². The molecule has 0 aromatic heterocycles. The first-order valence-corrected chi connectivity index (χ1v) is 8.58. The van der Waals surface area contributed by atoms with Gasteiger partial charge in [-0.1, -0.05) is 30.3 Å². The van der Waals surface area contributed by atoms with Gasteiger partial charge in [-0.25, -0.2) is 4.79 Å². The maximum atomic E-state index is 12.6. The molecule has 2 heterocycles. The van der Waals surface area contributed by atoms with Crippen molar-refractivity contribution in [2.45, 2.75) is 44.2 Å². The zero-order valence-electron chi connectivity index (χ0n) is 14.6. The molecule has 3 rings (SSSR count). The topological polar surface area (TPSA) is 94.2 Å². The van der Waals surface area contributed by atoms with E-state index in [1.165, 1.54) is 12.0 Å². The first kappa shape index (κ1) is 18.2. The van der Waals surface area contributed by atoms with Gasteiger partial charge < -0.3 is 19.5 Å². The van der Waals surface area contributed by atoms with Gasteiger partial charge in [-0.15, -0.1) is 0 Å². The molecule has 1 aromatic carbocycles. The highest BCUT2D eigenvalue weighted by Gasteiger charge is 2.40. The smallest absolute Gasteiger partial charge is 0.410 e. The van der Waals surface area contributed by atoms with Crippen molar-refractivity contribution >= 4 is 18.0 Å². The van der Waals surface area contributed by atoms with Crippen LogP contribution < -0.4 is 5.32 Å². The predicted octanol–water partition coefficient (Wildman–Crippen LogP) is 1.19. The van der Waals surface area contributed by atoms with E-state index < -0.39 is 30.4 Å². The van der Waals surface area contributed by atoms with Gasteiger partial charge in [0.15, 0.2) is 0 Å². The Bertz CT molecular complexity index is 665. The second-order valence-electron chi connectivity index (χ2n) is 6.30. The molecule has 0 bridgehead atoms. The summed E-state index contributed by atoms with van der Waals surface area (Å²) in [7, 11) is 1.41. The van der Waals surface area contributed by atoms with Crippen LogP contribution in [-0.4, -0.2) is 54.9 Å². The number of amides is 2. The van der Waals surface area contributed by atoms with Gasteiger partial charge in [0.1, 0.15) is 18.7 Å². The van der Waals surface area contributed by atoms with Crippen LogP contribution in [0.2, 0.25) is 0 Å². The van der Waals surface area contributed by atoms with Crippen molar-refractivity contribution in [2.75, 3.05) is 13.7 Å². The van der Waals surface area contributed by atoms with Crippen molar-refractivity contribution in [3.05, 3.63) is 35.9 Å². The lowest BCUT2D eigenvalue weighted by Crippen LogP contribution is -2.51. The minimum atomic E-state index is -0.800. The Morgan fingerprint density at radius 1 is 1.31 bits per heavy atom. The highest BCUT2D eigenvalue weighted by molar-refractivity contribution is 5.87. The standard InChI is InChI=1S/C18H22N2O6/c1-24-17-13(10-15(21)26-17)19-16(22)14-8-5-9-20(14)18(23)25-11-12-6-3-2-4-7-12/h2-4,6-7,13-14,17H,5,8-11H2,1H3,(H,19,22)/t13-,14+,17?/m0/s1. The van der Waals surface area contributed by atoms with Crippen LogP contribution in [0.3, 0.4) is 0 Å². The Balaban J connectivity index is 1.56. The third-order valence-electron chi connectivity index (χ3n) is 4.52. The van der Waals surface area contributed by atoms with Crippen molar-refractivity contribution in [2.24, 2.45) is 0 Å². The van der Waals surface area contributed by atoms with E-state index in [0.717, 1.165) is 5.56 Å². The van der Waals surface area contributed by atoms with Gasteiger partial charge in [-0.3, -0.25) is 14.5 Å². The number of hydrogen-bond donors (Lipinski definition) is 1. The van der Waals surface area contributed by atoms with E-state index in [0.29, 0.717) is 19.4 Å². The van der Waals surface area contributed by atoms with Crippen molar-refractivity contribution < 1.29 is 28.6 Å². The fourth-order valence-corrected chi connectivity index (χ4v) is 3.21. The number of carbonyl (C=O) groups excluding carboxylic acids is 3. The lowest BCUT2D eigenvalue weighted by molar-refractivity contribution is -0.160. The normalized spacial score (nSPS) is 25.0. The van der Waals surface area contributed by atoms with Crippen molar-refractivity contribution in [3.63, 3.8) is 0 Å². The number of rotatable bonds is 5. The summed E-state index contributed by atoms with van der Waals surface area (Å²) < 4.78 is 15.3. The molecule has 8 nitrogen and oxygen atoms in total. The Morgan fingerprint density at radius 3 is 2.81 bits per heavy atom. The van der Waals surface area contributed by atoms with Crippen LogP contribution in [0.25, 0.3) is 0 Å². The summed E-state index contributed by atoms with van der Waals surface area (Å²) in [6, 6.07) is 8.18. The Hall–Kier alpha value is -2.61. The SMILES string of the molecule is COC1OC(=O)C[C@@H]1NC(=O)[C@H]1CCCN1C(=O)OCc1ccccc1. The number of benzene rings is 1. The highest BCUT2D eigenvalue weighted by atomic mass is 16.7. The minimum absolute atomic E-state index is 0.0510. The van der Waals surface area contributed by atoms with Crippen molar-refractivity contribution in [1.82, 2.24) is 10.2 Å². The van der Waals surface area contributed by atoms with Gasteiger partial charge in [-0.05, 0) is 18.4 Å². The van der Waals surface area contributed by atoms with E-state index in [1.54, 1.807) is 0 Å². The summed E-state index contributed by atoms with van der Waals surface area (Å²) >= 11 is 0. The zero-order chi connectivity index (χ0) is 18.5. The summed E-state index contributed by atoms with van der Waals surface area (Å²) in [4.78, 5) is 37.7. The van der Waals surface area contributed by atoms with Gasteiger partial charge in [-0.2, -0.15) is 0 Å². The van der Waals surface area contributed by atoms with Crippen LogP contribution in [0.1, 0.15) is 24.8 Å². The summed E-state index contributed by atoms with van der Waals surface area (Å²) in [6.45, 7) is 0.612. The number of likely N-dealkylation sites (tertiary alicyclic amines) is 1. The molecule has 140 valence electrons. The monoisotopic (exact) mass is 362 g/mol. The Morgan fingerprint density at radius 2 is 2.08 bits per heavy atom. The molecule has 2 amide bonds. The number of methoxy groups -OCH3 is 1. The summed E-state index contributed by atoms with van der Waals surface area (Å²) in [5.74, 6) is -0.753. The number of esters is 1. The van der Waals surface area contributed by atoms with E-state index in [-0.39, 0.29) is 18.9 Å². The number of hydrogen-bond acceptors (Lipinski definition) is 6. The lowest BCUT2D eigenvalue weighted by Gasteiger charge is -2.25. The van der Waals surface area contributed by atoms with Crippen LogP contribution in [0, 0.1) is 0 Å². The fraction of sp³-hybridized carbons (Fsp3) is 0.500. The van der Waals surface area contributed by atoms with Crippen LogP contribution in [-0.2, 0) is 30.4 Å². The molecular formula is C18H22N2O6. The quantitative estimate of drug-likeness (QED) is 0.791. The fourth-order valence-electron chi connectivity index (χ4n) is 3.21. The van der Waals surface area contributed by atoms with Gasteiger partial charge in [0.05, 0.1) is 6.42 Å². The first-order valence-electron chi connectivity index (χ1n) is 8.58. The largest absolute Gasteiger partial charge is 0.445 e. The average Bonchev–Trinajstić information content (AvgIpc) is 3.27. The van der Waals surface area contributed by atoms with Crippen LogP contribution >= 0.6 is 0 Å². The highest BCUT2D eigenvalue weighted by Crippen LogP contribution is 2.21. The molecule has 2 saturated heterocycles. The van der Waals surface area contributed by atoms with Crippen LogP contribution in [0.5, 0.6) is 0 Å². The van der Waals surface area contributed by atoms with Crippen molar-refractivity contribution in [3.8, 4) is 0 Å². The number of nitrogens with zero attached hydrogens (tertiary/aromatic N) is 1. The lowest BCUT2D eigenvalue weighted by atomic mass is 10.1. The summed E-state index contributed by atoms with van der Waals surface area (Å²) in [6.07, 6.45) is -0.00687. The number of ether oxygens (including phenoxy) is 3. The molecule has 0 radical (unpaired) electrons. The van der Waals surface area contributed by atoms with Crippen LogP contribution in [0.4, 0.5) is 4.79 Å². The molecule has 2 aliphatic rings. The molecule has 1 aromatic rings. The minimum Gasteiger partial charge on any atom is -0.445 e. The van der Waals surface area contributed by atoms with Gasteiger partial charge in [0.25, 0.3) is 0 Å². The van der Waals surface area contributed by atoms with E-state index in [2.05, 4.69) is 5.32 Å². The van der Waals surface area contributed by atoms with Gasteiger partial charge in [0, 0.05) is 13.7 Å². The third kappa shape index (κ3) is 4.13. The molecule has 0 aliphatic carbocycles. The Kier molecular flexibility index (Phi) is 5.72. The average molecular weight is 362 g/mol. The molecule has 8 heteroatoms. The molecule has 2 fully saturated rings. The third-order valence-corrected chi connectivity index (χ3v) is 4.52. The molecule has 0 saturated carbocycles. The second-order valence-corrected chi connectivity index (χ2v) is 6.30. The Labute approximate surface area is 151 Å². The summed E-state index contributed by atoms with van der Waals surface area (Å²) in [5.41, 5.74) is 0.880. The molecule has 26 heavy (non-hydrogen) atoms. The van der Waals surface area contributed by atoms with Gasteiger partial charge >= 0.3 is 12.1 Å². The number of carbonyl (C=O) groups is 3. The zero-order valence-corrected chi connectivity index (χ0v) is 14.6. The number of nitrogens with one attached hydrogen (secondary N) is 1. The van der Waals surface area contributed by atoms with E-state index in [9.17, 15) is 14.4 Å². The maximum absolute atomic E-state index is 12.6. The maximum Gasteiger partial charge on any atom is 0.410 e. The predicted molar refractivity (Wildman–Crippen MR) is 89.8 cm³/mol. The van der Waals surface area contributed by atoms with E-state index in [1.807, 2.05) is 30.3 Å². The van der Waals surface area contributed by atoms with E-state index in [4.69, 9.17) is 14.2 Å². The molecular weight excluding hydrogens is 340 g/mol. The van der Waals surface area contributed by atoms with Crippen LogP contribution in [0.15, 0.2) is 30.3 Å². The number of cyclic esters (lactones) is 1. The molecule has 1 unspecified atom stereocenters. The first-order chi connectivity index (χ1) is 12.6. The second kappa shape index (κ2) is 8.18.